The summed E-state index contributed by atoms with van der Waals surface area (Å²) in [5.41, 5.74) is 0.983. The predicted molar refractivity (Wildman–Crippen MR) is 32.9 cm³/mol. The molecule has 0 saturated carbocycles. The molecule has 0 unspecified atom stereocenters. The Bertz CT molecular complexity index is 287. The monoisotopic (exact) mass is 130 g/mol. The first-order valence-electron chi connectivity index (χ1n) is 2.64. The summed E-state index contributed by atoms with van der Waals surface area (Å²) in [7, 11) is 0. The predicted octanol–water partition coefficient (Wildman–Crippen LogP) is -0.926. The van der Waals surface area contributed by atoms with Crippen LogP contribution in [0.5, 0.6) is 0 Å². The van der Waals surface area contributed by atoms with E-state index in [9.17, 15) is 0 Å². The maximum atomic E-state index is 8.38. The summed E-state index contributed by atoms with van der Waals surface area (Å²) in [6, 6.07) is 5.61. The van der Waals surface area contributed by atoms with Gasteiger partial charge in [0.05, 0.1) is 5.56 Å². The highest BCUT2D eigenvalue weighted by atomic mass is 14.6. The van der Waals surface area contributed by atoms with Crippen molar-refractivity contribution in [3.63, 3.8) is 0 Å². The summed E-state index contributed by atoms with van der Waals surface area (Å²) in [5.74, 6) is 0. The van der Waals surface area contributed by atoms with Gasteiger partial charge < -0.3 is 0 Å². The molecule has 1 aromatic heterocycles. The van der Waals surface area contributed by atoms with Crippen LogP contribution in [0.1, 0.15) is 11.1 Å². The first-order chi connectivity index (χ1) is 4.86. The van der Waals surface area contributed by atoms with Crippen LogP contribution < -0.4 is 5.26 Å². The van der Waals surface area contributed by atoms with Gasteiger partial charge in [-0.05, 0) is 6.07 Å². The molecule has 0 aliphatic heterocycles. The second-order valence-electron chi connectivity index (χ2n) is 1.70. The molecule has 0 spiro atoms. The van der Waals surface area contributed by atoms with E-state index >= 15 is 0 Å². The van der Waals surface area contributed by atoms with Crippen molar-refractivity contribution in [1.82, 2.24) is 4.98 Å². The lowest BCUT2D eigenvalue weighted by molar-refractivity contribution is -0.0909. The van der Waals surface area contributed by atoms with Crippen molar-refractivity contribution in [1.29, 1.82) is 5.26 Å². The summed E-state index contributed by atoms with van der Waals surface area (Å²) < 4.78 is 0. The van der Waals surface area contributed by atoms with Gasteiger partial charge in [-0.15, -0.1) is 0 Å². The number of hydrogen-bond donors (Lipinski definition) is 1. The minimum atomic E-state index is 0.456. The highest BCUT2D eigenvalue weighted by Gasteiger charge is 1.94. The normalized spacial score (nSPS) is 7.80. The van der Waals surface area contributed by atoms with Crippen molar-refractivity contribution in [2.75, 3.05) is 0 Å². The summed E-state index contributed by atoms with van der Waals surface area (Å²) in [6.07, 6.45) is 2.93. The van der Waals surface area contributed by atoms with E-state index in [0.29, 0.717) is 11.1 Å². The van der Waals surface area contributed by atoms with Gasteiger partial charge in [-0.25, -0.2) is 0 Å². The lowest BCUT2D eigenvalue weighted by Gasteiger charge is -1.83. The molecule has 0 aromatic carbocycles. The molecule has 1 heterocycles. The Morgan fingerprint density at radius 1 is 1.40 bits per heavy atom. The van der Waals surface area contributed by atoms with Crippen LogP contribution in [-0.4, -0.2) is 4.98 Å². The quantitative estimate of drug-likeness (QED) is 0.493. The van der Waals surface area contributed by atoms with E-state index in [4.69, 9.17) is 10.5 Å². The van der Waals surface area contributed by atoms with Gasteiger partial charge in [0.1, 0.15) is 11.6 Å². The van der Waals surface area contributed by atoms with Crippen molar-refractivity contribution in [3.05, 3.63) is 29.6 Å². The molecule has 0 amide bonds. The van der Waals surface area contributed by atoms with Crippen LogP contribution in [0.3, 0.4) is 0 Å². The minimum Gasteiger partial charge on any atom is -0.262 e. The van der Waals surface area contributed by atoms with Crippen molar-refractivity contribution in [2.24, 2.45) is 0 Å². The second kappa shape index (κ2) is 2.61. The summed E-state index contributed by atoms with van der Waals surface area (Å²) in [6.45, 7) is 0. The van der Waals surface area contributed by atoms with E-state index in [0.717, 1.165) is 0 Å². The van der Waals surface area contributed by atoms with E-state index in [-0.39, 0.29) is 0 Å². The molecule has 0 saturated heterocycles. The molecular weight excluding hydrogens is 126 g/mol. The summed E-state index contributed by atoms with van der Waals surface area (Å²) in [4.78, 5) is 3.72. The van der Waals surface area contributed by atoms with Crippen molar-refractivity contribution in [2.45, 2.75) is 0 Å². The summed E-state index contributed by atoms with van der Waals surface area (Å²) >= 11 is 0. The zero-order valence-electron chi connectivity index (χ0n) is 5.13. The fourth-order valence-electron chi connectivity index (χ4n) is 0.569. The average molecular weight is 130 g/mol. The van der Waals surface area contributed by atoms with Crippen LogP contribution in [0.25, 0.3) is 0 Å². The van der Waals surface area contributed by atoms with Crippen molar-refractivity contribution < 1.29 is 5.26 Å². The Morgan fingerprint density at radius 3 is 2.70 bits per heavy atom. The molecule has 0 atom stereocenters. The van der Waals surface area contributed by atoms with Gasteiger partial charge >= 0.3 is 6.07 Å². The Morgan fingerprint density at radius 2 is 2.10 bits per heavy atom. The molecule has 1 rings (SSSR count). The molecular formula is C7H4N3+. The fraction of sp³-hybridized carbons (Fsp3) is 0. The number of pyridine rings is 1. The zero-order chi connectivity index (χ0) is 7.40. The van der Waals surface area contributed by atoms with Crippen LogP contribution >= 0.6 is 0 Å². The molecule has 3 heteroatoms. The molecule has 0 fully saturated rings. The van der Waals surface area contributed by atoms with Crippen LogP contribution in [0.15, 0.2) is 18.5 Å². The van der Waals surface area contributed by atoms with E-state index in [2.05, 4.69) is 11.1 Å². The largest absolute Gasteiger partial charge is 0.310 e. The van der Waals surface area contributed by atoms with Crippen molar-refractivity contribution >= 4 is 0 Å². The lowest BCUT2D eigenvalue weighted by Crippen LogP contribution is -2.17. The molecule has 0 radical (unpaired) electrons. The SMILES string of the molecule is N#Cc1cncc(C#[NH+])c1. The molecule has 0 aliphatic rings. The fourth-order valence-corrected chi connectivity index (χ4v) is 0.569. The first kappa shape index (κ1) is 6.25. The van der Waals surface area contributed by atoms with Gasteiger partial charge in [0.15, 0.2) is 0 Å². The van der Waals surface area contributed by atoms with Gasteiger partial charge in [0.25, 0.3) is 0 Å². The maximum absolute atomic E-state index is 8.38. The summed E-state index contributed by atoms with van der Waals surface area (Å²) in [5, 5.41) is 15.1. The molecule has 3 nitrogen and oxygen atoms in total. The van der Waals surface area contributed by atoms with E-state index in [1.807, 2.05) is 6.07 Å². The third-order valence-corrected chi connectivity index (χ3v) is 1.01. The number of aromatic nitrogens is 1. The lowest BCUT2D eigenvalue weighted by atomic mass is 10.2. The topological polar surface area (TPSA) is 60.5 Å². The van der Waals surface area contributed by atoms with E-state index in [1.165, 1.54) is 12.4 Å². The molecule has 1 N–H and O–H groups in total. The Balaban J connectivity index is 3.17. The molecule has 0 aliphatic carbocycles. The third kappa shape index (κ3) is 1.10. The van der Waals surface area contributed by atoms with Gasteiger partial charge in [0.2, 0.25) is 0 Å². The van der Waals surface area contributed by atoms with Crippen LogP contribution in [-0.2, 0) is 0 Å². The van der Waals surface area contributed by atoms with Gasteiger partial charge in [0, 0.05) is 12.4 Å². The van der Waals surface area contributed by atoms with Crippen LogP contribution in [0.4, 0.5) is 0 Å². The molecule has 46 valence electrons. The Hall–Kier alpha value is -1.87. The first-order valence-corrected chi connectivity index (χ1v) is 2.64. The maximum Gasteiger partial charge on any atom is 0.310 e. The van der Waals surface area contributed by atoms with E-state index in [1.54, 1.807) is 6.07 Å². The number of nitriles is 1. The van der Waals surface area contributed by atoms with E-state index < -0.39 is 0 Å². The van der Waals surface area contributed by atoms with Crippen molar-refractivity contribution in [3.8, 4) is 12.1 Å². The standard InChI is InChI=1S/C7H3N3/c8-2-6-1-7(3-9)5-10-4-6/h1,4-5H/p+1. The zero-order valence-corrected chi connectivity index (χ0v) is 5.13. The van der Waals surface area contributed by atoms with Gasteiger partial charge in [-0.2, -0.15) is 5.26 Å². The molecule has 10 heavy (non-hydrogen) atoms. The average Bonchev–Trinajstić information content (AvgIpc) is 2.05. The molecule has 1 aromatic rings. The minimum absolute atomic E-state index is 0.456. The van der Waals surface area contributed by atoms with Gasteiger partial charge in [-0.1, -0.05) is 5.26 Å². The number of nitrogens with one attached hydrogen (secondary N) is 1. The number of rotatable bonds is 0. The van der Waals surface area contributed by atoms with Gasteiger partial charge in [-0.3, -0.25) is 4.98 Å². The molecule has 0 bridgehead atoms. The van der Waals surface area contributed by atoms with Crippen LogP contribution in [0.2, 0.25) is 0 Å². The smallest absolute Gasteiger partial charge is 0.262 e. The number of hydrogen-bond acceptors (Lipinski definition) is 2. The third-order valence-electron chi connectivity index (χ3n) is 1.01. The Kier molecular flexibility index (Phi) is 1.63. The highest BCUT2D eigenvalue weighted by molar-refractivity contribution is 5.34. The highest BCUT2D eigenvalue weighted by Crippen LogP contribution is 1.97. The Labute approximate surface area is 58.2 Å². The second-order valence-corrected chi connectivity index (χ2v) is 1.70. The van der Waals surface area contributed by atoms with Crippen LogP contribution in [0, 0.1) is 17.4 Å². The number of nitrogens with zero attached hydrogens (tertiary/aromatic N) is 2.